The minimum Gasteiger partial charge on any atom is -0.326 e. The molecule has 0 aromatic rings. The van der Waals surface area contributed by atoms with Crippen LogP contribution in [0.2, 0.25) is 0 Å². The fraction of sp³-hybridized carbons (Fsp3) is 0.923. The third kappa shape index (κ3) is 2.40. The van der Waals surface area contributed by atoms with Gasteiger partial charge >= 0.3 is 0 Å². The maximum absolute atomic E-state index is 11.9. The number of nitrogens with one attached hydrogen (secondary N) is 1. The molecule has 2 atom stereocenters. The molecule has 3 heteroatoms. The predicted molar refractivity (Wildman–Crippen MR) is 64.9 cm³/mol. The van der Waals surface area contributed by atoms with Gasteiger partial charge in [0.05, 0.1) is 12.7 Å². The van der Waals surface area contributed by atoms with Crippen molar-refractivity contribution in [2.75, 3.05) is 13.1 Å². The van der Waals surface area contributed by atoms with Crippen molar-refractivity contribution in [1.29, 1.82) is 0 Å². The van der Waals surface area contributed by atoms with Crippen molar-refractivity contribution in [1.82, 2.24) is 10.2 Å². The van der Waals surface area contributed by atoms with Gasteiger partial charge < -0.3 is 4.90 Å². The molecule has 1 heterocycles. The molecule has 1 saturated carbocycles. The van der Waals surface area contributed by atoms with Gasteiger partial charge in [-0.2, -0.15) is 0 Å². The van der Waals surface area contributed by atoms with Crippen LogP contribution in [0, 0.1) is 11.8 Å². The van der Waals surface area contributed by atoms with Crippen LogP contribution in [0.25, 0.3) is 0 Å². The molecule has 2 unspecified atom stereocenters. The Bertz CT molecular complexity index is 248. The van der Waals surface area contributed by atoms with Gasteiger partial charge in [0.25, 0.3) is 0 Å². The van der Waals surface area contributed by atoms with Crippen LogP contribution in [0.4, 0.5) is 0 Å². The predicted octanol–water partition coefficient (Wildman–Crippen LogP) is 1.98. The summed E-state index contributed by atoms with van der Waals surface area (Å²) in [6.45, 7) is 5.92. The minimum absolute atomic E-state index is 0.303. The quantitative estimate of drug-likeness (QED) is 0.792. The van der Waals surface area contributed by atoms with Crippen LogP contribution in [-0.2, 0) is 4.79 Å². The molecule has 0 radical (unpaired) electrons. The smallest absolute Gasteiger partial charge is 0.237 e. The first-order valence-corrected chi connectivity index (χ1v) is 6.75. The molecule has 0 spiro atoms. The molecule has 16 heavy (non-hydrogen) atoms. The lowest BCUT2D eigenvalue weighted by molar-refractivity contribution is -0.129. The molecule has 3 nitrogen and oxygen atoms in total. The zero-order valence-electron chi connectivity index (χ0n) is 10.5. The standard InChI is InChI=1S/C13H24N2O/c1-3-10(2)9-15-12(16)8-14-13(15)11-6-4-5-7-11/h10-11,13-14H,3-9H2,1-2H3. The molecule has 2 aliphatic rings. The van der Waals surface area contributed by atoms with Crippen molar-refractivity contribution >= 4 is 5.91 Å². The van der Waals surface area contributed by atoms with E-state index in [0.717, 1.165) is 13.0 Å². The van der Waals surface area contributed by atoms with Crippen LogP contribution in [0.15, 0.2) is 0 Å². The number of hydrogen-bond donors (Lipinski definition) is 1. The fourth-order valence-corrected chi connectivity index (χ4v) is 2.93. The number of carbonyl (C=O) groups is 1. The first-order chi connectivity index (χ1) is 7.72. The lowest BCUT2D eigenvalue weighted by Crippen LogP contribution is -2.44. The van der Waals surface area contributed by atoms with Crippen molar-refractivity contribution < 1.29 is 4.79 Å². The van der Waals surface area contributed by atoms with Crippen LogP contribution >= 0.6 is 0 Å². The van der Waals surface area contributed by atoms with Gasteiger partial charge in [-0.05, 0) is 24.7 Å². The van der Waals surface area contributed by atoms with Gasteiger partial charge in [-0.3, -0.25) is 10.1 Å². The normalized spacial score (nSPS) is 29.0. The Morgan fingerprint density at radius 2 is 2.12 bits per heavy atom. The molecule has 1 aliphatic carbocycles. The largest absolute Gasteiger partial charge is 0.326 e. The van der Waals surface area contributed by atoms with Crippen molar-refractivity contribution in [3.63, 3.8) is 0 Å². The Morgan fingerprint density at radius 1 is 1.44 bits per heavy atom. The van der Waals surface area contributed by atoms with Crippen molar-refractivity contribution in [2.24, 2.45) is 11.8 Å². The number of carbonyl (C=O) groups excluding carboxylic acids is 1. The Labute approximate surface area is 98.6 Å². The third-order valence-electron chi connectivity index (χ3n) is 4.17. The second-order valence-electron chi connectivity index (χ2n) is 5.43. The molecule has 1 saturated heterocycles. The van der Waals surface area contributed by atoms with E-state index >= 15 is 0 Å². The lowest BCUT2D eigenvalue weighted by atomic mass is 10.0. The number of amides is 1. The maximum atomic E-state index is 11.9. The van der Waals surface area contributed by atoms with Gasteiger partial charge in [0, 0.05) is 6.54 Å². The van der Waals surface area contributed by atoms with E-state index in [1.54, 1.807) is 0 Å². The van der Waals surface area contributed by atoms with Crippen molar-refractivity contribution in [3.05, 3.63) is 0 Å². The summed E-state index contributed by atoms with van der Waals surface area (Å²) in [6.07, 6.45) is 6.76. The highest BCUT2D eigenvalue weighted by Crippen LogP contribution is 2.31. The average Bonchev–Trinajstić information content (AvgIpc) is 2.89. The second-order valence-corrected chi connectivity index (χ2v) is 5.43. The van der Waals surface area contributed by atoms with Gasteiger partial charge in [0.2, 0.25) is 5.91 Å². The summed E-state index contributed by atoms with van der Waals surface area (Å²) in [5.74, 6) is 1.63. The maximum Gasteiger partial charge on any atom is 0.237 e. The minimum atomic E-state index is 0.303. The van der Waals surface area contributed by atoms with E-state index in [1.807, 2.05) is 0 Å². The molecule has 2 fully saturated rings. The highest BCUT2D eigenvalue weighted by molar-refractivity contribution is 5.80. The van der Waals surface area contributed by atoms with E-state index in [0.29, 0.717) is 30.5 Å². The van der Waals surface area contributed by atoms with E-state index in [9.17, 15) is 4.79 Å². The summed E-state index contributed by atoms with van der Waals surface area (Å²) in [5.41, 5.74) is 0. The van der Waals surface area contributed by atoms with Crippen LogP contribution in [-0.4, -0.2) is 30.1 Å². The van der Waals surface area contributed by atoms with E-state index in [-0.39, 0.29) is 0 Å². The van der Waals surface area contributed by atoms with E-state index in [1.165, 1.54) is 25.7 Å². The van der Waals surface area contributed by atoms with Gasteiger partial charge in [0.1, 0.15) is 0 Å². The van der Waals surface area contributed by atoms with E-state index in [2.05, 4.69) is 24.1 Å². The Hall–Kier alpha value is -0.570. The van der Waals surface area contributed by atoms with Crippen LogP contribution in [0.3, 0.4) is 0 Å². The monoisotopic (exact) mass is 224 g/mol. The van der Waals surface area contributed by atoms with Crippen molar-refractivity contribution in [3.8, 4) is 0 Å². The molecule has 0 aromatic carbocycles. The molecule has 1 amide bonds. The number of rotatable bonds is 4. The highest BCUT2D eigenvalue weighted by Gasteiger charge is 2.37. The summed E-state index contributed by atoms with van der Waals surface area (Å²) in [5, 5.41) is 3.40. The number of hydrogen-bond acceptors (Lipinski definition) is 2. The summed E-state index contributed by atoms with van der Waals surface area (Å²) >= 11 is 0. The second kappa shape index (κ2) is 5.17. The lowest BCUT2D eigenvalue weighted by Gasteiger charge is -2.30. The van der Waals surface area contributed by atoms with E-state index < -0.39 is 0 Å². The first-order valence-electron chi connectivity index (χ1n) is 6.75. The molecule has 1 N–H and O–H groups in total. The third-order valence-corrected chi connectivity index (χ3v) is 4.17. The summed E-state index contributed by atoms with van der Waals surface area (Å²) in [4.78, 5) is 14.0. The summed E-state index contributed by atoms with van der Waals surface area (Å²) in [6, 6.07) is 0. The Morgan fingerprint density at radius 3 is 2.75 bits per heavy atom. The van der Waals surface area contributed by atoms with Gasteiger partial charge in [-0.1, -0.05) is 33.1 Å². The highest BCUT2D eigenvalue weighted by atomic mass is 16.2. The van der Waals surface area contributed by atoms with E-state index in [4.69, 9.17) is 0 Å². The SMILES string of the molecule is CCC(C)CN1C(=O)CNC1C1CCCC1. The molecule has 0 bridgehead atoms. The molecule has 2 rings (SSSR count). The van der Waals surface area contributed by atoms with Crippen LogP contribution in [0.5, 0.6) is 0 Å². The van der Waals surface area contributed by atoms with Gasteiger partial charge in [0.15, 0.2) is 0 Å². The molecular formula is C13H24N2O. The molecule has 1 aliphatic heterocycles. The zero-order chi connectivity index (χ0) is 11.5. The molecule has 92 valence electrons. The zero-order valence-corrected chi connectivity index (χ0v) is 10.5. The van der Waals surface area contributed by atoms with Crippen molar-refractivity contribution in [2.45, 2.75) is 52.1 Å². The molecule has 0 aromatic heterocycles. The summed E-state index contributed by atoms with van der Waals surface area (Å²) < 4.78 is 0. The summed E-state index contributed by atoms with van der Waals surface area (Å²) in [7, 11) is 0. The fourth-order valence-electron chi connectivity index (χ4n) is 2.93. The van der Waals surface area contributed by atoms with Gasteiger partial charge in [-0.25, -0.2) is 0 Å². The van der Waals surface area contributed by atoms with Gasteiger partial charge in [-0.15, -0.1) is 0 Å². The Kier molecular flexibility index (Phi) is 3.85. The first kappa shape index (κ1) is 11.9. The topological polar surface area (TPSA) is 32.3 Å². The Balaban J connectivity index is 1.97. The van der Waals surface area contributed by atoms with Crippen LogP contribution < -0.4 is 5.32 Å². The number of nitrogens with zero attached hydrogens (tertiary/aromatic N) is 1. The average molecular weight is 224 g/mol. The molecular weight excluding hydrogens is 200 g/mol. The van der Waals surface area contributed by atoms with Crippen LogP contribution in [0.1, 0.15) is 46.0 Å².